The largest absolute Gasteiger partial charge is 0.385 e. The first-order valence-electron chi connectivity index (χ1n) is 8.83. The van der Waals surface area contributed by atoms with Gasteiger partial charge >= 0.3 is 0 Å². The number of nitrogens with one attached hydrogen (secondary N) is 1. The average Bonchev–Trinajstić information content (AvgIpc) is 3.04. The minimum absolute atomic E-state index is 0.703. The first-order valence-corrected chi connectivity index (χ1v) is 8.83. The van der Waals surface area contributed by atoms with Gasteiger partial charge in [-0.25, -0.2) is 0 Å². The Labute approximate surface area is 154 Å². The number of rotatable bonds is 6. The van der Waals surface area contributed by atoms with E-state index in [1.54, 1.807) is 6.08 Å². The van der Waals surface area contributed by atoms with Crippen LogP contribution < -0.4 is 5.73 Å². The molecule has 6 heteroatoms. The molecule has 0 aliphatic carbocycles. The molecule has 0 atom stereocenters. The van der Waals surface area contributed by atoms with Gasteiger partial charge in [0, 0.05) is 30.6 Å². The van der Waals surface area contributed by atoms with Crippen LogP contribution >= 0.6 is 0 Å². The van der Waals surface area contributed by atoms with Gasteiger partial charge in [0.1, 0.15) is 5.69 Å². The zero-order valence-electron chi connectivity index (χ0n) is 15.5. The summed E-state index contributed by atoms with van der Waals surface area (Å²) in [7, 11) is 4.13. The maximum absolute atomic E-state index is 6.34. The van der Waals surface area contributed by atoms with Crippen molar-refractivity contribution < 1.29 is 4.74 Å². The number of benzene rings is 1. The highest BCUT2D eigenvalue weighted by Crippen LogP contribution is 2.26. The predicted molar refractivity (Wildman–Crippen MR) is 106 cm³/mol. The standard InChI is InChI=1S/C20H27N5O/c1-4-5-16(13-19(21)25-8-10-26-11-9-25)20-17-12-15(14-24(2)3)6-7-18(17)22-23-20/h4-7,12-13H,1,8-11,14,21H2,2-3H3,(H,22,23)/b16-5+,19-13+. The third kappa shape index (κ3) is 4.15. The molecule has 0 radical (unpaired) electrons. The van der Waals surface area contributed by atoms with Crippen molar-refractivity contribution in [2.75, 3.05) is 40.4 Å². The number of nitrogens with zero attached hydrogens (tertiary/aromatic N) is 3. The van der Waals surface area contributed by atoms with E-state index in [0.29, 0.717) is 13.2 Å². The fourth-order valence-corrected chi connectivity index (χ4v) is 3.14. The van der Waals surface area contributed by atoms with Gasteiger partial charge in [0.15, 0.2) is 0 Å². The Morgan fingerprint density at radius 1 is 1.38 bits per heavy atom. The van der Waals surface area contributed by atoms with Gasteiger partial charge in [0.25, 0.3) is 0 Å². The first-order chi connectivity index (χ1) is 12.6. The SMILES string of the molecule is C=C/C=C(\C=C(/N)N1CCOCC1)c1n[nH]c2ccc(CN(C)C)cc12. The molecule has 1 saturated heterocycles. The van der Waals surface area contributed by atoms with Crippen molar-refractivity contribution in [2.45, 2.75) is 6.54 Å². The second kappa shape index (κ2) is 8.21. The van der Waals surface area contributed by atoms with Crippen LogP contribution in [0.4, 0.5) is 0 Å². The van der Waals surface area contributed by atoms with Crippen molar-refractivity contribution in [1.29, 1.82) is 0 Å². The third-order valence-electron chi connectivity index (χ3n) is 4.38. The lowest BCUT2D eigenvalue weighted by Crippen LogP contribution is -2.38. The summed E-state index contributed by atoms with van der Waals surface area (Å²) in [6, 6.07) is 6.38. The molecule has 1 aliphatic rings. The number of allylic oxidation sites excluding steroid dienone is 4. The van der Waals surface area contributed by atoms with Gasteiger partial charge < -0.3 is 20.3 Å². The molecule has 138 valence electrons. The number of hydrogen-bond donors (Lipinski definition) is 2. The van der Waals surface area contributed by atoms with Crippen LogP contribution in [0.15, 0.2) is 48.8 Å². The molecule has 1 fully saturated rings. The number of ether oxygens (including phenoxy) is 1. The monoisotopic (exact) mass is 353 g/mol. The molecule has 0 spiro atoms. The molecule has 1 aromatic carbocycles. The Bertz CT molecular complexity index is 828. The highest BCUT2D eigenvalue weighted by molar-refractivity contribution is 5.93. The number of aromatic nitrogens is 2. The quantitative estimate of drug-likeness (QED) is 0.780. The number of aromatic amines is 1. The van der Waals surface area contributed by atoms with E-state index < -0.39 is 0 Å². The molecule has 1 aromatic heterocycles. The van der Waals surface area contributed by atoms with E-state index in [-0.39, 0.29) is 0 Å². The summed E-state index contributed by atoms with van der Waals surface area (Å²) in [4.78, 5) is 4.28. The smallest absolute Gasteiger partial charge is 0.100 e. The van der Waals surface area contributed by atoms with Crippen LogP contribution in [0.25, 0.3) is 16.5 Å². The van der Waals surface area contributed by atoms with Gasteiger partial charge in [0.05, 0.1) is 24.6 Å². The molecule has 0 saturated carbocycles. The van der Waals surface area contributed by atoms with Crippen molar-refractivity contribution in [1.82, 2.24) is 20.0 Å². The summed E-state index contributed by atoms with van der Waals surface area (Å²) in [5, 5.41) is 8.74. The van der Waals surface area contributed by atoms with Crippen LogP contribution in [0, 0.1) is 0 Å². The van der Waals surface area contributed by atoms with E-state index in [1.165, 1.54) is 5.56 Å². The summed E-state index contributed by atoms with van der Waals surface area (Å²) < 4.78 is 5.40. The van der Waals surface area contributed by atoms with Crippen LogP contribution in [0.1, 0.15) is 11.3 Å². The lowest BCUT2D eigenvalue weighted by Gasteiger charge is -2.28. The fraction of sp³-hybridized carbons (Fsp3) is 0.350. The van der Waals surface area contributed by atoms with E-state index in [0.717, 1.165) is 47.6 Å². The summed E-state index contributed by atoms with van der Waals surface area (Å²) in [6.07, 6.45) is 5.69. The maximum Gasteiger partial charge on any atom is 0.100 e. The molecule has 0 unspecified atom stereocenters. The normalized spacial score (nSPS) is 16.5. The van der Waals surface area contributed by atoms with Crippen LogP contribution in [-0.2, 0) is 11.3 Å². The minimum Gasteiger partial charge on any atom is -0.385 e. The Hall–Kier alpha value is -2.57. The Morgan fingerprint density at radius 2 is 2.15 bits per heavy atom. The number of hydrogen-bond acceptors (Lipinski definition) is 5. The van der Waals surface area contributed by atoms with Gasteiger partial charge in [-0.2, -0.15) is 5.10 Å². The fourth-order valence-electron chi connectivity index (χ4n) is 3.14. The summed E-state index contributed by atoms with van der Waals surface area (Å²) in [5.41, 5.74) is 10.4. The van der Waals surface area contributed by atoms with Crippen molar-refractivity contribution in [3.05, 3.63) is 60.1 Å². The molecule has 0 amide bonds. The lowest BCUT2D eigenvalue weighted by molar-refractivity contribution is 0.0530. The van der Waals surface area contributed by atoms with Crippen LogP contribution in [-0.4, -0.2) is 60.4 Å². The number of H-pyrrole nitrogens is 1. The predicted octanol–water partition coefficient (Wildman–Crippen LogP) is 2.33. The van der Waals surface area contributed by atoms with E-state index in [9.17, 15) is 0 Å². The minimum atomic E-state index is 0.703. The summed E-state index contributed by atoms with van der Waals surface area (Å²) in [5.74, 6) is 0.724. The van der Waals surface area contributed by atoms with Gasteiger partial charge in [-0.1, -0.05) is 24.8 Å². The Balaban J connectivity index is 1.97. The van der Waals surface area contributed by atoms with Crippen LogP contribution in [0.3, 0.4) is 0 Å². The molecular formula is C20H27N5O. The molecule has 2 heterocycles. The number of fused-ring (bicyclic) bond motifs is 1. The molecule has 3 N–H and O–H groups in total. The zero-order chi connectivity index (χ0) is 18.5. The van der Waals surface area contributed by atoms with Gasteiger partial charge in [-0.05, 0) is 37.9 Å². The van der Waals surface area contributed by atoms with Crippen molar-refractivity contribution >= 4 is 16.5 Å². The Kier molecular flexibility index (Phi) is 5.75. The van der Waals surface area contributed by atoms with Crippen LogP contribution in [0.5, 0.6) is 0 Å². The molecule has 26 heavy (non-hydrogen) atoms. The van der Waals surface area contributed by atoms with Gasteiger partial charge in [-0.15, -0.1) is 0 Å². The third-order valence-corrected chi connectivity index (χ3v) is 4.38. The average molecular weight is 353 g/mol. The van der Waals surface area contributed by atoms with E-state index in [2.05, 4.69) is 58.9 Å². The van der Waals surface area contributed by atoms with Crippen molar-refractivity contribution in [2.24, 2.45) is 5.73 Å². The van der Waals surface area contributed by atoms with Crippen molar-refractivity contribution in [3.63, 3.8) is 0 Å². The lowest BCUT2D eigenvalue weighted by atomic mass is 10.0. The van der Waals surface area contributed by atoms with E-state index >= 15 is 0 Å². The topological polar surface area (TPSA) is 70.4 Å². The molecule has 1 aliphatic heterocycles. The van der Waals surface area contributed by atoms with Crippen molar-refractivity contribution in [3.8, 4) is 0 Å². The zero-order valence-corrected chi connectivity index (χ0v) is 15.5. The second-order valence-corrected chi connectivity index (χ2v) is 6.72. The molecule has 2 aromatic rings. The number of nitrogens with two attached hydrogens (primary N) is 1. The summed E-state index contributed by atoms with van der Waals surface area (Å²) in [6.45, 7) is 7.74. The van der Waals surface area contributed by atoms with Gasteiger partial charge in [-0.3, -0.25) is 5.10 Å². The maximum atomic E-state index is 6.34. The highest BCUT2D eigenvalue weighted by Gasteiger charge is 2.14. The number of morpholine rings is 1. The van der Waals surface area contributed by atoms with Crippen LogP contribution in [0.2, 0.25) is 0 Å². The first kappa shape index (κ1) is 18.2. The second-order valence-electron chi connectivity index (χ2n) is 6.72. The molecule has 3 rings (SSSR count). The Morgan fingerprint density at radius 3 is 2.85 bits per heavy atom. The molecule has 6 nitrogen and oxygen atoms in total. The highest BCUT2D eigenvalue weighted by atomic mass is 16.5. The van der Waals surface area contributed by atoms with Gasteiger partial charge in [0.2, 0.25) is 0 Å². The van der Waals surface area contributed by atoms with E-state index in [4.69, 9.17) is 10.5 Å². The molecule has 0 bridgehead atoms. The van der Waals surface area contributed by atoms with E-state index in [1.807, 2.05) is 12.2 Å². The summed E-state index contributed by atoms with van der Waals surface area (Å²) >= 11 is 0. The molecular weight excluding hydrogens is 326 g/mol.